The van der Waals surface area contributed by atoms with Crippen LogP contribution in [-0.2, 0) is 57.2 Å². The highest BCUT2D eigenvalue weighted by Gasteiger charge is 2.75. The normalized spacial score (nSPS) is 35.9. The maximum Gasteiger partial charge on any atom is 0.251 e. The molecule has 6 amide bonds. The van der Waals surface area contributed by atoms with E-state index in [2.05, 4.69) is 79.5 Å². The van der Waals surface area contributed by atoms with Crippen molar-refractivity contribution in [2.75, 3.05) is 72.6 Å². The fourth-order valence-electron chi connectivity index (χ4n) is 23.5. The second kappa shape index (κ2) is 35.1. The maximum atomic E-state index is 12.8. The number of amides is 6. The molecule has 18 fully saturated rings. The minimum atomic E-state index is -0.273. The van der Waals surface area contributed by atoms with Gasteiger partial charge < -0.3 is 83.8 Å². The summed E-state index contributed by atoms with van der Waals surface area (Å²) in [5.41, 5.74) is 9.41. The molecule has 5 N–H and O–H groups in total. The van der Waals surface area contributed by atoms with Crippen LogP contribution in [0.15, 0.2) is 194 Å². The van der Waals surface area contributed by atoms with Crippen LogP contribution in [0.4, 0.5) is 0 Å². The summed E-state index contributed by atoms with van der Waals surface area (Å²) in [5.74, 6) is 1.14. The lowest BCUT2D eigenvalue weighted by atomic mass is 9.92. The highest BCUT2D eigenvalue weighted by Crippen LogP contribution is 2.73. The standard InChI is InChI=1S/2C16H19NO2.C14H17NO2.C13H15NO3.C13H13NO2.C12H13NO2.2C9H17NO/c2*1-15(2)10-16(15)8-12-9-19-13(17(12)14(16)18)11-6-4-3-5-7-11;1-2-10-8-12-9-17-14(15(12)13(10)16)11-6-4-3-5-7-11;15-7-10-6-11-8-17-13(14(11)12(10)16)9-4-2-1-3-5-9;1-9-7-11-8-16-13(14(11)12(9)15)10-5-3-2-4-6-10;14-11-7-6-10-8-15-12(13(10)11)9-4-2-1-3-5-9;2*1-8(2)5-9(8)3-7(4-11)10-6-9/h2*3-7,12-13H,8-10H2,1-2H3;3-7,10,12,14H,2,8-9H2,1H3;1-5,10-11,13,15H,6-8H2;2-6,11,13H,1,7-8H2;1-5,10,12H,6-8H2;2*7,10-11H,3-6H2,1-2H3/t2*12?,13-,16?;10?,12?,14-;10?,11?,13-;11?,13-;10?,12-;;/m111111../s1. The van der Waals surface area contributed by atoms with Crippen LogP contribution in [-0.4, -0.2) is 201 Å². The molecule has 14 aliphatic heterocycles. The lowest BCUT2D eigenvalue weighted by Crippen LogP contribution is -2.33. The number of nitrogens with zero attached hydrogens (tertiary/aromatic N) is 6. The summed E-state index contributed by atoms with van der Waals surface area (Å²) in [7, 11) is 0. The molecule has 6 aromatic rings. The van der Waals surface area contributed by atoms with Gasteiger partial charge in [-0.25, -0.2) is 0 Å². The van der Waals surface area contributed by atoms with Crippen LogP contribution in [0.5, 0.6) is 0 Å². The Morgan fingerprint density at radius 1 is 0.368 bits per heavy atom. The van der Waals surface area contributed by atoms with Gasteiger partial charge in [0.1, 0.15) is 0 Å². The molecule has 0 aromatic heterocycles. The van der Waals surface area contributed by atoms with Crippen molar-refractivity contribution in [1.82, 2.24) is 40.0 Å². The van der Waals surface area contributed by atoms with Crippen LogP contribution in [0.25, 0.3) is 0 Å². The first kappa shape index (κ1) is 88.5. The lowest BCUT2D eigenvalue weighted by molar-refractivity contribution is -0.140. The molecular formula is C102H130N8O15. The third-order valence-electron chi connectivity index (χ3n) is 31.7. The summed E-state index contributed by atoms with van der Waals surface area (Å²) in [5, 5.41) is 33.8. The Hall–Kier alpha value is -8.56. The van der Waals surface area contributed by atoms with Gasteiger partial charge in [-0.2, -0.15) is 0 Å². The number of benzene rings is 6. The average molecular weight is 1710 g/mol. The summed E-state index contributed by atoms with van der Waals surface area (Å²) < 4.78 is 34.6. The summed E-state index contributed by atoms with van der Waals surface area (Å²) in [6.45, 7) is 30.8. The Labute approximate surface area is 737 Å². The first-order chi connectivity index (χ1) is 60.0. The molecule has 668 valence electrons. The molecule has 20 atom stereocenters. The van der Waals surface area contributed by atoms with Gasteiger partial charge in [0.2, 0.25) is 29.5 Å². The van der Waals surface area contributed by atoms with Crippen LogP contribution in [0.1, 0.15) is 223 Å². The zero-order chi connectivity index (χ0) is 87.8. The summed E-state index contributed by atoms with van der Waals surface area (Å²) >= 11 is 0. The second-order valence-electron chi connectivity index (χ2n) is 41.0. The van der Waals surface area contributed by atoms with E-state index < -0.39 is 0 Å². The SMILES string of the molecule is C=C1CC2CO[C@H](c3ccccc3)N2C1=O.CC1(C)CC12CC1CO[C@H](c3ccccc3)N1C2=O.CC1(C)CC12CC1CO[C@H](c3ccccc3)N1C2=O.CC1(C)CC12CNC(CO)C2.CC1(C)CC12CNC(CO)C2.CCC1CC2CO[C@H](c3ccccc3)N2C1=O.O=C1C(CO)CC2CO[C@H](c3ccccc3)N12.O=C1CCC2CO[C@H](c3ccccc3)N12. The fraction of sp³-hybridized carbons (Fsp3) is 0.569. The Bertz CT molecular complexity index is 4640. The van der Waals surface area contributed by atoms with Crippen molar-refractivity contribution in [2.24, 2.45) is 55.2 Å². The lowest BCUT2D eigenvalue weighted by Gasteiger charge is -2.23. The first-order valence-corrected chi connectivity index (χ1v) is 46.0. The van der Waals surface area contributed by atoms with Crippen molar-refractivity contribution in [2.45, 2.75) is 238 Å². The van der Waals surface area contributed by atoms with E-state index in [-0.39, 0.29) is 131 Å². The van der Waals surface area contributed by atoms with Gasteiger partial charge in [-0.15, -0.1) is 0 Å². The molecule has 18 aliphatic rings. The van der Waals surface area contributed by atoms with E-state index >= 15 is 0 Å². The van der Waals surface area contributed by atoms with E-state index in [4.69, 9.17) is 43.7 Å². The van der Waals surface area contributed by atoms with E-state index in [1.807, 2.05) is 206 Å². The largest absolute Gasteiger partial charge is 0.396 e. The molecule has 125 heavy (non-hydrogen) atoms. The van der Waals surface area contributed by atoms with E-state index in [0.29, 0.717) is 123 Å². The Kier molecular flexibility index (Phi) is 24.9. The van der Waals surface area contributed by atoms with Crippen molar-refractivity contribution in [1.29, 1.82) is 0 Å². The molecule has 23 heteroatoms. The van der Waals surface area contributed by atoms with Crippen molar-refractivity contribution in [3.63, 3.8) is 0 Å². The van der Waals surface area contributed by atoms with E-state index in [9.17, 15) is 28.8 Å². The maximum absolute atomic E-state index is 12.8. The molecule has 14 saturated heterocycles. The molecule has 4 saturated carbocycles. The Morgan fingerprint density at radius 2 is 0.672 bits per heavy atom. The third kappa shape index (κ3) is 16.7. The number of aliphatic hydroxyl groups excluding tert-OH is 3. The Morgan fingerprint density at radius 3 is 0.984 bits per heavy atom. The van der Waals surface area contributed by atoms with Gasteiger partial charge >= 0.3 is 0 Å². The van der Waals surface area contributed by atoms with Gasteiger partial charge in [0.25, 0.3) is 5.91 Å². The number of nitrogens with one attached hydrogen (secondary N) is 2. The zero-order valence-corrected chi connectivity index (χ0v) is 74.4. The van der Waals surface area contributed by atoms with Crippen LogP contribution in [0.3, 0.4) is 0 Å². The second-order valence-corrected chi connectivity index (χ2v) is 41.0. The number of rotatable bonds is 10. The predicted molar refractivity (Wildman–Crippen MR) is 471 cm³/mol. The average Bonchev–Trinajstić information content (AvgIpc) is 1.51. The molecule has 14 unspecified atom stereocenters. The van der Waals surface area contributed by atoms with Gasteiger partial charge in [0.15, 0.2) is 37.4 Å². The summed E-state index contributed by atoms with van der Waals surface area (Å²) in [6, 6.07) is 62.0. The van der Waals surface area contributed by atoms with E-state index in [1.165, 1.54) is 25.7 Å². The van der Waals surface area contributed by atoms with E-state index in [0.717, 1.165) is 97.8 Å². The Balaban J connectivity index is 0.000000102. The van der Waals surface area contributed by atoms with Crippen molar-refractivity contribution in [3.05, 3.63) is 228 Å². The smallest absolute Gasteiger partial charge is 0.251 e. The molecular weight excluding hydrogens is 1580 g/mol. The fourth-order valence-corrected chi connectivity index (χ4v) is 23.5. The van der Waals surface area contributed by atoms with Crippen molar-refractivity contribution >= 4 is 35.4 Å². The number of carbonyl (C=O) groups is 6. The van der Waals surface area contributed by atoms with Gasteiger partial charge in [0.05, 0.1) is 112 Å². The number of ether oxygens (including phenoxy) is 6. The van der Waals surface area contributed by atoms with Crippen molar-refractivity contribution < 1.29 is 72.5 Å². The highest BCUT2D eigenvalue weighted by atomic mass is 16.5. The predicted octanol–water partition coefficient (Wildman–Crippen LogP) is 13.8. The van der Waals surface area contributed by atoms with Gasteiger partial charge in [-0.1, -0.05) is 251 Å². The number of fused-ring (bicyclic) bond motifs is 6. The molecule has 6 aromatic carbocycles. The third-order valence-corrected chi connectivity index (χ3v) is 31.7. The quantitative estimate of drug-likeness (QED) is 0.0798. The van der Waals surface area contributed by atoms with Crippen LogP contribution in [0, 0.1) is 55.2 Å². The molecule has 0 radical (unpaired) electrons. The molecule has 23 nitrogen and oxygen atoms in total. The zero-order valence-electron chi connectivity index (χ0n) is 74.4. The number of carbonyl (C=O) groups excluding carboxylic acids is 6. The van der Waals surface area contributed by atoms with Crippen LogP contribution >= 0.6 is 0 Å². The monoisotopic (exact) mass is 1710 g/mol. The first-order valence-electron chi connectivity index (χ1n) is 46.0. The van der Waals surface area contributed by atoms with Crippen LogP contribution in [0.2, 0.25) is 0 Å². The number of hydrogen-bond donors (Lipinski definition) is 5. The minimum absolute atomic E-state index is 0.0175. The van der Waals surface area contributed by atoms with Gasteiger partial charge in [0, 0.05) is 82.9 Å². The molecule has 4 spiro atoms. The molecule has 24 rings (SSSR count). The molecule has 0 bridgehead atoms. The number of hydrogen-bond acceptors (Lipinski definition) is 17. The van der Waals surface area contributed by atoms with Crippen LogP contribution < -0.4 is 10.6 Å². The minimum Gasteiger partial charge on any atom is -0.396 e. The number of aliphatic hydroxyl groups is 3. The van der Waals surface area contributed by atoms with Gasteiger partial charge in [-0.3, -0.25) is 28.8 Å². The molecule has 14 heterocycles. The summed E-state index contributed by atoms with van der Waals surface area (Å²) in [4.78, 5) is 85.0. The summed E-state index contributed by atoms with van der Waals surface area (Å²) in [6.07, 6.45) is 12.9. The van der Waals surface area contributed by atoms with Crippen molar-refractivity contribution in [3.8, 4) is 0 Å². The topological polar surface area (TPSA) is 262 Å². The molecule has 4 aliphatic carbocycles. The highest BCUT2D eigenvalue weighted by molar-refractivity contribution is 5.96. The van der Waals surface area contributed by atoms with Gasteiger partial charge in [-0.05, 0) is 110 Å². The van der Waals surface area contributed by atoms with E-state index in [1.54, 1.807) is 4.90 Å².